The quantitative estimate of drug-likeness (QED) is 0.765. The minimum Gasteiger partial charge on any atom is -0.387 e. The van der Waals surface area contributed by atoms with Crippen LogP contribution in [-0.2, 0) is 23.7 Å². The first kappa shape index (κ1) is 13.9. The second kappa shape index (κ2) is 4.54. The van der Waals surface area contributed by atoms with Crippen LogP contribution in [-0.4, -0.2) is 54.0 Å². The summed E-state index contributed by atoms with van der Waals surface area (Å²) in [5.41, 5.74) is 0. The molecule has 0 saturated carbocycles. The normalized spacial score (nSPS) is 36.6. The van der Waals surface area contributed by atoms with E-state index in [1.54, 1.807) is 27.7 Å². The zero-order valence-electron chi connectivity index (χ0n) is 11.1. The maximum atomic E-state index is 11.7. The second-order valence-electron chi connectivity index (χ2n) is 5.55. The van der Waals surface area contributed by atoms with E-state index in [4.69, 9.17) is 18.9 Å². The highest BCUT2D eigenvalue weighted by atomic mass is 16.8. The highest BCUT2D eigenvalue weighted by Crippen LogP contribution is 2.29. The fraction of sp³-hybridized carbons (Fsp3) is 0.917. The fourth-order valence-electron chi connectivity index (χ4n) is 2.07. The van der Waals surface area contributed by atoms with Crippen LogP contribution < -0.4 is 0 Å². The number of hydrogen-bond acceptors (Lipinski definition) is 6. The topological polar surface area (TPSA) is 74.2 Å². The predicted octanol–water partition coefficient (Wildman–Crippen LogP) is 0.219. The molecular formula is C12H20O6. The van der Waals surface area contributed by atoms with E-state index in [0.717, 1.165) is 0 Å². The van der Waals surface area contributed by atoms with E-state index in [1.165, 1.54) is 0 Å². The summed E-state index contributed by atoms with van der Waals surface area (Å²) >= 11 is 0. The molecule has 2 saturated heterocycles. The summed E-state index contributed by atoms with van der Waals surface area (Å²) in [6.45, 7) is 7.10. The SMILES string of the molecule is CC1(C)OC[C@H]([C@@H](O)[C@H]2OC(C)(C)OCC2=O)O1. The third-order valence-corrected chi connectivity index (χ3v) is 3.01. The maximum absolute atomic E-state index is 11.7. The van der Waals surface area contributed by atoms with Crippen LogP contribution in [0.2, 0.25) is 0 Å². The predicted molar refractivity (Wildman–Crippen MR) is 60.8 cm³/mol. The lowest BCUT2D eigenvalue weighted by Gasteiger charge is -2.37. The molecule has 2 fully saturated rings. The molecule has 2 rings (SSSR count). The van der Waals surface area contributed by atoms with Crippen molar-refractivity contribution >= 4 is 5.78 Å². The molecule has 0 unspecified atom stereocenters. The Morgan fingerprint density at radius 3 is 2.33 bits per heavy atom. The number of aliphatic hydroxyl groups excluding tert-OH is 1. The molecule has 2 aliphatic rings. The van der Waals surface area contributed by atoms with Gasteiger partial charge in [0.1, 0.15) is 24.9 Å². The van der Waals surface area contributed by atoms with Crippen molar-refractivity contribution in [2.24, 2.45) is 0 Å². The highest BCUT2D eigenvalue weighted by Gasteiger charge is 2.46. The molecule has 0 amide bonds. The van der Waals surface area contributed by atoms with Crippen molar-refractivity contribution in [3.8, 4) is 0 Å². The Morgan fingerprint density at radius 2 is 1.78 bits per heavy atom. The van der Waals surface area contributed by atoms with Gasteiger partial charge in [-0.05, 0) is 27.7 Å². The highest BCUT2D eigenvalue weighted by molar-refractivity contribution is 5.85. The Labute approximate surface area is 106 Å². The number of hydrogen-bond donors (Lipinski definition) is 1. The number of carbonyl (C=O) groups excluding carboxylic acids is 1. The van der Waals surface area contributed by atoms with Gasteiger partial charge in [-0.3, -0.25) is 4.79 Å². The lowest BCUT2D eigenvalue weighted by molar-refractivity contribution is -0.277. The molecule has 0 aromatic heterocycles. The molecule has 104 valence electrons. The fourth-order valence-corrected chi connectivity index (χ4v) is 2.07. The smallest absolute Gasteiger partial charge is 0.190 e. The monoisotopic (exact) mass is 260 g/mol. The van der Waals surface area contributed by atoms with Crippen LogP contribution in [0.4, 0.5) is 0 Å². The Morgan fingerprint density at radius 1 is 1.17 bits per heavy atom. The maximum Gasteiger partial charge on any atom is 0.190 e. The molecule has 1 N–H and O–H groups in total. The van der Waals surface area contributed by atoms with Crippen molar-refractivity contribution in [1.29, 1.82) is 0 Å². The van der Waals surface area contributed by atoms with E-state index >= 15 is 0 Å². The van der Waals surface area contributed by atoms with Gasteiger partial charge < -0.3 is 24.1 Å². The Bertz CT molecular complexity index is 337. The van der Waals surface area contributed by atoms with Crippen molar-refractivity contribution in [2.45, 2.75) is 57.6 Å². The van der Waals surface area contributed by atoms with E-state index in [9.17, 15) is 9.90 Å². The molecule has 2 aliphatic heterocycles. The minimum atomic E-state index is -1.05. The van der Waals surface area contributed by atoms with Gasteiger partial charge in [0.05, 0.1) is 6.61 Å². The van der Waals surface area contributed by atoms with Crippen molar-refractivity contribution in [1.82, 2.24) is 0 Å². The molecule has 0 aromatic carbocycles. The average Bonchev–Trinajstić information content (AvgIpc) is 2.61. The first-order valence-electron chi connectivity index (χ1n) is 6.04. The molecule has 0 aliphatic carbocycles. The summed E-state index contributed by atoms with van der Waals surface area (Å²) in [4.78, 5) is 11.7. The molecule has 0 spiro atoms. The van der Waals surface area contributed by atoms with Gasteiger partial charge in [0.15, 0.2) is 17.4 Å². The molecule has 3 atom stereocenters. The molecular weight excluding hydrogens is 240 g/mol. The minimum absolute atomic E-state index is 0.0638. The summed E-state index contributed by atoms with van der Waals surface area (Å²) in [5.74, 6) is -1.90. The number of rotatable bonds is 2. The van der Waals surface area contributed by atoms with Crippen LogP contribution in [0.5, 0.6) is 0 Å². The number of ketones is 1. The van der Waals surface area contributed by atoms with E-state index in [1.807, 2.05) is 0 Å². The van der Waals surface area contributed by atoms with Crippen molar-refractivity contribution < 1.29 is 28.8 Å². The molecule has 6 heteroatoms. The van der Waals surface area contributed by atoms with Gasteiger partial charge in [-0.1, -0.05) is 0 Å². The molecule has 0 aromatic rings. The summed E-state index contributed by atoms with van der Waals surface area (Å²) in [5, 5.41) is 10.2. The summed E-state index contributed by atoms with van der Waals surface area (Å²) < 4.78 is 21.6. The number of aliphatic hydroxyl groups is 1. The van der Waals surface area contributed by atoms with Gasteiger partial charge in [0.2, 0.25) is 0 Å². The van der Waals surface area contributed by atoms with Crippen LogP contribution in [0.3, 0.4) is 0 Å². The molecule has 18 heavy (non-hydrogen) atoms. The lowest BCUT2D eigenvalue weighted by atomic mass is 10.0. The molecule has 2 heterocycles. The van der Waals surface area contributed by atoms with E-state index in [0.29, 0.717) is 0 Å². The van der Waals surface area contributed by atoms with Gasteiger partial charge in [-0.2, -0.15) is 0 Å². The van der Waals surface area contributed by atoms with Gasteiger partial charge >= 0.3 is 0 Å². The summed E-state index contributed by atoms with van der Waals surface area (Å²) in [7, 11) is 0. The van der Waals surface area contributed by atoms with Crippen LogP contribution >= 0.6 is 0 Å². The van der Waals surface area contributed by atoms with Gasteiger partial charge in [0.25, 0.3) is 0 Å². The van der Waals surface area contributed by atoms with Crippen LogP contribution in [0.15, 0.2) is 0 Å². The second-order valence-corrected chi connectivity index (χ2v) is 5.55. The third-order valence-electron chi connectivity index (χ3n) is 3.01. The third kappa shape index (κ3) is 2.89. The molecule has 0 radical (unpaired) electrons. The molecule has 0 bridgehead atoms. The summed E-state index contributed by atoms with van der Waals surface area (Å²) in [6, 6.07) is 0. The van der Waals surface area contributed by atoms with Gasteiger partial charge in [-0.15, -0.1) is 0 Å². The Balaban J connectivity index is 2.04. The standard InChI is InChI=1S/C12H20O6/c1-11(2)16-6-8(17-11)9(14)10-7(13)5-15-12(3,4)18-10/h8-10,14H,5-6H2,1-4H3/t8-,9-,10+/m1/s1. The van der Waals surface area contributed by atoms with Crippen LogP contribution in [0.1, 0.15) is 27.7 Å². The first-order chi connectivity index (χ1) is 8.20. The summed E-state index contributed by atoms with van der Waals surface area (Å²) in [6.07, 6.45) is -2.55. The van der Waals surface area contributed by atoms with E-state index in [-0.39, 0.29) is 19.0 Å². The van der Waals surface area contributed by atoms with Gasteiger partial charge in [0, 0.05) is 0 Å². The van der Waals surface area contributed by atoms with Crippen molar-refractivity contribution in [2.75, 3.05) is 13.2 Å². The average molecular weight is 260 g/mol. The number of Topliss-reactive ketones (excluding diaryl/α,β-unsaturated/α-hetero) is 1. The van der Waals surface area contributed by atoms with Crippen LogP contribution in [0, 0.1) is 0 Å². The van der Waals surface area contributed by atoms with Crippen LogP contribution in [0.25, 0.3) is 0 Å². The molecule has 6 nitrogen and oxygen atoms in total. The number of carbonyl (C=O) groups is 1. The first-order valence-corrected chi connectivity index (χ1v) is 6.04. The van der Waals surface area contributed by atoms with E-state index < -0.39 is 29.9 Å². The lowest BCUT2D eigenvalue weighted by Crippen LogP contribution is -2.54. The van der Waals surface area contributed by atoms with Gasteiger partial charge in [-0.25, -0.2) is 0 Å². The largest absolute Gasteiger partial charge is 0.387 e. The zero-order chi connectivity index (χ0) is 13.6. The Kier molecular flexibility index (Phi) is 3.50. The Hall–Kier alpha value is -0.530. The number of ether oxygens (including phenoxy) is 4. The van der Waals surface area contributed by atoms with E-state index in [2.05, 4.69) is 0 Å². The zero-order valence-corrected chi connectivity index (χ0v) is 11.1. The van der Waals surface area contributed by atoms with Crippen molar-refractivity contribution in [3.05, 3.63) is 0 Å². The van der Waals surface area contributed by atoms with Crippen molar-refractivity contribution in [3.63, 3.8) is 0 Å².